The Hall–Kier alpha value is -0.350. The van der Waals surface area contributed by atoms with Crippen LogP contribution in [0, 0.1) is 18.5 Å². The summed E-state index contributed by atoms with van der Waals surface area (Å²) in [6, 6.07) is 0. The van der Waals surface area contributed by atoms with Crippen molar-refractivity contribution in [3.05, 3.63) is 21.7 Å². The van der Waals surface area contributed by atoms with Gasteiger partial charge in [0.2, 0.25) is 0 Å². The predicted molar refractivity (Wildman–Crippen MR) is 63.3 cm³/mol. The minimum Gasteiger partial charge on any atom is -0.346 e. The number of nitrogens with one attached hydrogen (secondary N) is 1. The molecule has 1 fully saturated rings. The van der Waals surface area contributed by atoms with Crippen LogP contribution in [-0.2, 0) is 0 Å². The third kappa shape index (κ3) is 1.86. The molecule has 0 aliphatic carbocycles. The van der Waals surface area contributed by atoms with Gasteiger partial charge in [-0.2, -0.15) is 11.8 Å². The van der Waals surface area contributed by atoms with Crippen LogP contribution in [0.15, 0.2) is 0 Å². The van der Waals surface area contributed by atoms with E-state index in [1.807, 2.05) is 18.7 Å². The molecule has 1 atom stereocenters. The van der Waals surface area contributed by atoms with Crippen LogP contribution in [0.25, 0.3) is 0 Å². The maximum atomic E-state index is 5.22. The Morgan fingerprint density at radius 2 is 2.29 bits per heavy atom. The second-order valence-corrected chi connectivity index (χ2v) is 5.38. The first-order chi connectivity index (χ1) is 6.68. The van der Waals surface area contributed by atoms with E-state index in [0.29, 0.717) is 5.25 Å². The SMILES string of the molecule is Cc1[nH]c(C2CCCS2)nc(=S)c1C. The number of aromatic amines is 1. The largest absolute Gasteiger partial charge is 0.346 e. The van der Waals surface area contributed by atoms with Gasteiger partial charge in [-0.05, 0) is 32.4 Å². The number of thioether (sulfide) groups is 1. The molecule has 0 spiro atoms. The average Bonchev–Trinajstić information content (AvgIpc) is 2.66. The minimum absolute atomic E-state index is 0.538. The normalized spacial score (nSPS) is 21.4. The molecular weight excluding hydrogens is 212 g/mol. The highest BCUT2D eigenvalue weighted by atomic mass is 32.2. The lowest BCUT2D eigenvalue weighted by atomic mass is 10.2. The Morgan fingerprint density at radius 1 is 1.50 bits per heavy atom. The summed E-state index contributed by atoms with van der Waals surface area (Å²) in [7, 11) is 0. The number of aromatic nitrogens is 2. The summed E-state index contributed by atoms with van der Waals surface area (Å²) < 4.78 is 0.753. The van der Waals surface area contributed by atoms with Gasteiger partial charge in [-0.1, -0.05) is 12.2 Å². The van der Waals surface area contributed by atoms with Crippen molar-refractivity contribution in [1.29, 1.82) is 0 Å². The molecule has 4 heteroatoms. The zero-order valence-electron chi connectivity index (χ0n) is 8.46. The van der Waals surface area contributed by atoms with Crippen LogP contribution in [0.4, 0.5) is 0 Å². The number of hydrogen-bond acceptors (Lipinski definition) is 3. The average molecular weight is 226 g/mol. The van der Waals surface area contributed by atoms with Crippen LogP contribution >= 0.6 is 24.0 Å². The molecule has 1 unspecified atom stereocenters. The Morgan fingerprint density at radius 3 is 2.86 bits per heavy atom. The molecule has 0 aromatic carbocycles. The van der Waals surface area contributed by atoms with Crippen LogP contribution < -0.4 is 0 Å². The molecule has 1 N–H and O–H groups in total. The molecule has 0 saturated carbocycles. The molecule has 14 heavy (non-hydrogen) atoms. The summed E-state index contributed by atoms with van der Waals surface area (Å²) in [5, 5.41) is 0.538. The van der Waals surface area contributed by atoms with Gasteiger partial charge in [0.1, 0.15) is 10.5 Å². The highest BCUT2D eigenvalue weighted by Crippen LogP contribution is 2.38. The predicted octanol–water partition coefficient (Wildman–Crippen LogP) is 3.32. The fourth-order valence-corrected chi connectivity index (χ4v) is 3.09. The summed E-state index contributed by atoms with van der Waals surface area (Å²) in [4.78, 5) is 7.81. The molecule has 1 aliphatic heterocycles. The first-order valence-electron chi connectivity index (χ1n) is 4.87. The number of nitrogens with zero attached hydrogens (tertiary/aromatic N) is 1. The van der Waals surface area contributed by atoms with E-state index in [1.54, 1.807) is 0 Å². The fourth-order valence-electron chi connectivity index (χ4n) is 1.61. The lowest BCUT2D eigenvalue weighted by Crippen LogP contribution is -2.02. The third-order valence-corrected chi connectivity index (χ3v) is 4.44. The summed E-state index contributed by atoms with van der Waals surface area (Å²) in [6.45, 7) is 4.09. The molecular formula is C10H14N2S2. The first kappa shape index (κ1) is 10.2. The van der Waals surface area contributed by atoms with Crippen molar-refractivity contribution in [2.75, 3.05) is 5.75 Å². The van der Waals surface area contributed by atoms with Crippen LogP contribution in [0.2, 0.25) is 0 Å². The maximum absolute atomic E-state index is 5.22. The molecule has 2 nitrogen and oxygen atoms in total. The van der Waals surface area contributed by atoms with E-state index in [2.05, 4.69) is 16.9 Å². The van der Waals surface area contributed by atoms with Crippen LogP contribution in [0.1, 0.15) is 35.2 Å². The van der Waals surface area contributed by atoms with Gasteiger partial charge in [0, 0.05) is 11.3 Å². The molecule has 0 amide bonds. The Bertz CT molecular complexity index is 392. The number of aryl methyl sites for hydroxylation is 1. The van der Waals surface area contributed by atoms with Crippen molar-refractivity contribution >= 4 is 24.0 Å². The van der Waals surface area contributed by atoms with Gasteiger partial charge in [0.05, 0.1) is 5.25 Å². The molecule has 2 rings (SSSR count). The van der Waals surface area contributed by atoms with Crippen LogP contribution in [0.5, 0.6) is 0 Å². The third-order valence-electron chi connectivity index (χ3n) is 2.66. The van der Waals surface area contributed by atoms with Crippen molar-refractivity contribution in [1.82, 2.24) is 9.97 Å². The number of rotatable bonds is 1. The van der Waals surface area contributed by atoms with Gasteiger partial charge < -0.3 is 4.98 Å². The molecule has 2 heterocycles. The topological polar surface area (TPSA) is 28.7 Å². The molecule has 1 aromatic rings. The number of hydrogen-bond donors (Lipinski definition) is 1. The summed E-state index contributed by atoms with van der Waals surface area (Å²) in [5.74, 6) is 2.32. The van der Waals surface area contributed by atoms with Gasteiger partial charge in [-0.15, -0.1) is 0 Å². The zero-order valence-corrected chi connectivity index (χ0v) is 10.1. The van der Waals surface area contributed by atoms with Crippen LogP contribution in [-0.4, -0.2) is 15.7 Å². The van der Waals surface area contributed by atoms with E-state index in [9.17, 15) is 0 Å². The summed E-state index contributed by atoms with van der Waals surface area (Å²) in [5.41, 5.74) is 2.26. The molecule has 0 bridgehead atoms. The second kappa shape index (κ2) is 4.03. The Labute approximate surface area is 93.5 Å². The van der Waals surface area contributed by atoms with Crippen molar-refractivity contribution in [3.63, 3.8) is 0 Å². The van der Waals surface area contributed by atoms with Gasteiger partial charge in [0.25, 0.3) is 0 Å². The van der Waals surface area contributed by atoms with Crippen molar-refractivity contribution in [2.24, 2.45) is 0 Å². The quantitative estimate of drug-likeness (QED) is 0.745. The van der Waals surface area contributed by atoms with Gasteiger partial charge in [0.15, 0.2) is 0 Å². The van der Waals surface area contributed by atoms with Gasteiger partial charge >= 0.3 is 0 Å². The molecule has 1 aliphatic rings. The first-order valence-corrected chi connectivity index (χ1v) is 6.33. The van der Waals surface area contributed by atoms with E-state index >= 15 is 0 Å². The second-order valence-electron chi connectivity index (χ2n) is 3.68. The molecule has 1 saturated heterocycles. The van der Waals surface area contributed by atoms with Crippen molar-refractivity contribution in [2.45, 2.75) is 31.9 Å². The lowest BCUT2D eigenvalue weighted by Gasteiger charge is -2.10. The fraction of sp³-hybridized carbons (Fsp3) is 0.600. The van der Waals surface area contributed by atoms with E-state index in [0.717, 1.165) is 21.7 Å². The van der Waals surface area contributed by atoms with Gasteiger partial charge in [-0.25, -0.2) is 4.98 Å². The lowest BCUT2D eigenvalue weighted by molar-refractivity contribution is 0.766. The molecule has 1 aromatic heterocycles. The number of H-pyrrole nitrogens is 1. The monoisotopic (exact) mass is 226 g/mol. The summed E-state index contributed by atoms with van der Waals surface area (Å²) in [6.07, 6.45) is 2.52. The highest BCUT2D eigenvalue weighted by molar-refractivity contribution is 7.99. The van der Waals surface area contributed by atoms with Crippen molar-refractivity contribution in [3.8, 4) is 0 Å². The minimum atomic E-state index is 0.538. The smallest absolute Gasteiger partial charge is 0.132 e. The Kier molecular flexibility index (Phi) is 2.93. The van der Waals surface area contributed by atoms with Crippen LogP contribution in [0.3, 0.4) is 0 Å². The zero-order chi connectivity index (χ0) is 10.1. The standard InChI is InChI=1S/C10H14N2S2/c1-6-7(2)11-9(12-10(6)13)8-4-3-5-14-8/h8H,3-5H2,1-2H3,(H,11,12,13). The van der Waals surface area contributed by atoms with Crippen molar-refractivity contribution < 1.29 is 0 Å². The van der Waals surface area contributed by atoms with E-state index in [-0.39, 0.29) is 0 Å². The van der Waals surface area contributed by atoms with E-state index in [1.165, 1.54) is 18.6 Å². The van der Waals surface area contributed by atoms with E-state index < -0.39 is 0 Å². The van der Waals surface area contributed by atoms with Gasteiger partial charge in [-0.3, -0.25) is 0 Å². The molecule has 76 valence electrons. The highest BCUT2D eigenvalue weighted by Gasteiger charge is 2.20. The Balaban J connectivity index is 2.39. The molecule has 0 radical (unpaired) electrons. The van der Waals surface area contributed by atoms with E-state index in [4.69, 9.17) is 12.2 Å². The summed E-state index contributed by atoms with van der Waals surface area (Å²) >= 11 is 7.20. The maximum Gasteiger partial charge on any atom is 0.132 e.